The van der Waals surface area contributed by atoms with Gasteiger partial charge in [0.15, 0.2) is 0 Å². The fraction of sp³-hybridized carbons (Fsp3) is 1.00. The van der Waals surface area contributed by atoms with E-state index in [-0.39, 0.29) is 11.5 Å². The zero-order chi connectivity index (χ0) is 8.06. The van der Waals surface area contributed by atoms with Crippen LogP contribution in [0.5, 0.6) is 0 Å². The molecule has 1 saturated carbocycles. The van der Waals surface area contributed by atoms with Gasteiger partial charge in [0.1, 0.15) is 0 Å². The van der Waals surface area contributed by atoms with Crippen molar-refractivity contribution in [2.24, 2.45) is 11.3 Å². The Balaban J connectivity index is 2.09. The maximum atomic E-state index is 9.73. The van der Waals surface area contributed by atoms with Crippen LogP contribution in [-0.2, 0) is 0 Å². The number of aliphatic hydroxyl groups excluding tert-OH is 1. The maximum Gasteiger partial charge on any atom is 0.0649 e. The molecule has 2 fully saturated rings. The second-order valence-electron chi connectivity index (χ2n) is 4.50. The van der Waals surface area contributed by atoms with Crippen molar-refractivity contribution in [3.05, 3.63) is 0 Å². The normalized spacial score (nSPS) is 47.7. The van der Waals surface area contributed by atoms with Gasteiger partial charge in [0.25, 0.3) is 0 Å². The van der Waals surface area contributed by atoms with E-state index in [2.05, 4.69) is 19.2 Å². The summed E-state index contributed by atoms with van der Waals surface area (Å²) in [6.45, 7) is 5.44. The molecular weight excluding hydrogens is 138 g/mol. The number of piperidine rings is 1. The Bertz CT molecular complexity index is 167. The first-order valence-corrected chi connectivity index (χ1v) is 4.55. The minimum Gasteiger partial charge on any atom is -0.392 e. The molecule has 0 aromatic rings. The van der Waals surface area contributed by atoms with Crippen LogP contribution in [0.1, 0.15) is 26.7 Å². The summed E-state index contributed by atoms with van der Waals surface area (Å²) in [5.41, 5.74) is 0.116. The minimum atomic E-state index is -0.0692. The minimum absolute atomic E-state index is 0.0692. The first-order chi connectivity index (χ1) is 5.14. The third-order valence-corrected chi connectivity index (χ3v) is 3.48. The van der Waals surface area contributed by atoms with E-state index in [1.54, 1.807) is 0 Å². The molecule has 0 aromatic carbocycles. The highest BCUT2D eigenvalue weighted by atomic mass is 16.3. The van der Waals surface area contributed by atoms with Gasteiger partial charge in [-0.05, 0) is 19.4 Å². The molecule has 2 N–H and O–H groups in total. The highest BCUT2D eigenvalue weighted by Gasteiger charge is 2.55. The summed E-state index contributed by atoms with van der Waals surface area (Å²) >= 11 is 0. The topological polar surface area (TPSA) is 32.3 Å². The molecule has 1 aliphatic heterocycles. The van der Waals surface area contributed by atoms with Crippen LogP contribution in [0.3, 0.4) is 0 Å². The highest BCUT2D eigenvalue weighted by Crippen LogP contribution is 2.48. The number of fused-ring (bicyclic) bond motifs is 1. The molecule has 1 heterocycles. The molecule has 0 spiro atoms. The molecule has 1 aliphatic carbocycles. The monoisotopic (exact) mass is 155 g/mol. The zero-order valence-corrected chi connectivity index (χ0v) is 7.30. The lowest BCUT2D eigenvalue weighted by molar-refractivity contribution is -0.144. The lowest BCUT2D eigenvalue weighted by Gasteiger charge is -2.58. The second kappa shape index (κ2) is 2.20. The van der Waals surface area contributed by atoms with Crippen molar-refractivity contribution in [3.8, 4) is 0 Å². The van der Waals surface area contributed by atoms with E-state index in [1.807, 2.05) is 0 Å². The molecule has 0 bridgehead atoms. The van der Waals surface area contributed by atoms with Gasteiger partial charge in [-0.2, -0.15) is 0 Å². The predicted octanol–water partition coefficient (Wildman–Crippen LogP) is 0.755. The van der Waals surface area contributed by atoms with E-state index < -0.39 is 0 Å². The second-order valence-corrected chi connectivity index (χ2v) is 4.50. The van der Waals surface area contributed by atoms with Crippen LogP contribution in [0.25, 0.3) is 0 Å². The van der Waals surface area contributed by atoms with Crippen LogP contribution in [0, 0.1) is 11.3 Å². The van der Waals surface area contributed by atoms with E-state index >= 15 is 0 Å². The molecule has 2 aliphatic rings. The molecule has 2 nitrogen and oxygen atoms in total. The number of hydrogen-bond acceptors (Lipinski definition) is 2. The van der Waals surface area contributed by atoms with Crippen molar-refractivity contribution in [3.63, 3.8) is 0 Å². The zero-order valence-electron chi connectivity index (χ0n) is 7.30. The molecule has 0 radical (unpaired) electrons. The van der Waals surface area contributed by atoms with E-state index in [9.17, 15) is 5.11 Å². The Kier molecular flexibility index (Phi) is 1.52. The van der Waals surface area contributed by atoms with Gasteiger partial charge in [-0.25, -0.2) is 0 Å². The Morgan fingerprint density at radius 1 is 1.45 bits per heavy atom. The fourth-order valence-electron chi connectivity index (χ4n) is 2.69. The first kappa shape index (κ1) is 7.56. The quantitative estimate of drug-likeness (QED) is 0.541. The van der Waals surface area contributed by atoms with Crippen molar-refractivity contribution in [1.29, 1.82) is 0 Å². The molecule has 0 amide bonds. The Hall–Kier alpha value is -0.0800. The van der Waals surface area contributed by atoms with Gasteiger partial charge >= 0.3 is 0 Å². The third kappa shape index (κ3) is 0.859. The van der Waals surface area contributed by atoms with Gasteiger partial charge in [-0.1, -0.05) is 13.8 Å². The summed E-state index contributed by atoms with van der Waals surface area (Å²) in [4.78, 5) is 0. The lowest BCUT2D eigenvalue weighted by atomic mass is 9.55. The van der Waals surface area contributed by atoms with Crippen molar-refractivity contribution >= 4 is 0 Å². The molecule has 0 aromatic heterocycles. The van der Waals surface area contributed by atoms with Gasteiger partial charge in [0.05, 0.1) is 6.10 Å². The molecule has 2 heteroatoms. The Morgan fingerprint density at radius 2 is 2.18 bits per heavy atom. The highest BCUT2D eigenvalue weighted by molar-refractivity contribution is 5.09. The van der Waals surface area contributed by atoms with Crippen LogP contribution in [0.15, 0.2) is 0 Å². The average Bonchev–Trinajstić information content (AvgIpc) is 2.04. The van der Waals surface area contributed by atoms with Crippen molar-refractivity contribution in [2.45, 2.75) is 38.8 Å². The van der Waals surface area contributed by atoms with Crippen molar-refractivity contribution in [2.75, 3.05) is 6.54 Å². The lowest BCUT2D eigenvalue weighted by Crippen LogP contribution is -2.69. The van der Waals surface area contributed by atoms with E-state index in [1.165, 1.54) is 12.8 Å². The van der Waals surface area contributed by atoms with Crippen LogP contribution in [0.2, 0.25) is 0 Å². The van der Waals surface area contributed by atoms with Gasteiger partial charge in [-0.3, -0.25) is 0 Å². The predicted molar refractivity (Wildman–Crippen MR) is 44.3 cm³/mol. The number of aliphatic hydroxyl groups is 1. The summed E-state index contributed by atoms with van der Waals surface area (Å²) in [5, 5.41) is 13.2. The summed E-state index contributed by atoms with van der Waals surface area (Å²) in [6, 6.07) is 0.575. The summed E-state index contributed by atoms with van der Waals surface area (Å²) in [7, 11) is 0. The SMILES string of the molecule is CC1(C)[C@H](O)[C@H]2CCCN[C@@H]21. The smallest absolute Gasteiger partial charge is 0.0649 e. The third-order valence-electron chi connectivity index (χ3n) is 3.48. The molecule has 2 rings (SSSR count). The van der Waals surface area contributed by atoms with Gasteiger partial charge in [-0.15, -0.1) is 0 Å². The molecule has 1 saturated heterocycles. The van der Waals surface area contributed by atoms with Crippen LogP contribution in [0.4, 0.5) is 0 Å². The fourth-order valence-corrected chi connectivity index (χ4v) is 2.69. The van der Waals surface area contributed by atoms with Crippen molar-refractivity contribution in [1.82, 2.24) is 5.32 Å². The van der Waals surface area contributed by atoms with E-state index in [0.29, 0.717) is 12.0 Å². The Labute approximate surface area is 68.0 Å². The average molecular weight is 155 g/mol. The van der Waals surface area contributed by atoms with Gasteiger partial charge < -0.3 is 10.4 Å². The number of nitrogens with one attached hydrogen (secondary N) is 1. The molecule has 0 unspecified atom stereocenters. The number of hydrogen-bond donors (Lipinski definition) is 2. The van der Waals surface area contributed by atoms with E-state index in [4.69, 9.17) is 0 Å². The van der Waals surface area contributed by atoms with Crippen LogP contribution >= 0.6 is 0 Å². The van der Waals surface area contributed by atoms with Gasteiger partial charge in [0.2, 0.25) is 0 Å². The molecule has 3 atom stereocenters. The first-order valence-electron chi connectivity index (χ1n) is 4.55. The van der Waals surface area contributed by atoms with Crippen molar-refractivity contribution < 1.29 is 5.11 Å². The van der Waals surface area contributed by atoms with Gasteiger partial charge in [0, 0.05) is 17.4 Å². The summed E-state index contributed by atoms with van der Waals surface area (Å²) in [5.74, 6) is 0.541. The largest absolute Gasteiger partial charge is 0.392 e. The molecular formula is C9H17NO. The molecule has 64 valence electrons. The molecule has 11 heavy (non-hydrogen) atoms. The van der Waals surface area contributed by atoms with Crippen LogP contribution in [-0.4, -0.2) is 23.8 Å². The standard InChI is InChI=1S/C9H17NO/c1-9(2)7-6(8(9)11)4-3-5-10-7/h6-8,10-11H,3-5H2,1-2H3/t6-,7-,8+/m0/s1. The summed E-state index contributed by atoms with van der Waals surface area (Å²) < 4.78 is 0. The number of rotatable bonds is 0. The summed E-state index contributed by atoms with van der Waals surface area (Å²) in [6.07, 6.45) is 2.37. The Morgan fingerprint density at radius 3 is 2.82 bits per heavy atom. The maximum absolute atomic E-state index is 9.73. The van der Waals surface area contributed by atoms with E-state index in [0.717, 1.165) is 6.54 Å². The van der Waals surface area contributed by atoms with Crippen LogP contribution < -0.4 is 5.32 Å².